The van der Waals surface area contributed by atoms with Gasteiger partial charge in [0, 0.05) is 5.39 Å². The highest BCUT2D eigenvalue weighted by molar-refractivity contribution is 9.09. The summed E-state index contributed by atoms with van der Waals surface area (Å²) in [5, 5.41) is 7.85. The molecule has 0 bridgehead atoms. The molecule has 2 rings (SSSR count). The molecule has 0 saturated carbocycles. The molecule has 0 spiro atoms. The van der Waals surface area contributed by atoms with Crippen molar-refractivity contribution in [2.24, 2.45) is 0 Å². The van der Waals surface area contributed by atoms with Crippen LogP contribution >= 0.6 is 15.9 Å². The maximum absolute atomic E-state index is 5.26. The molecule has 4 heteroatoms. The van der Waals surface area contributed by atoms with Crippen molar-refractivity contribution in [3.05, 3.63) is 24.4 Å². The third kappa shape index (κ3) is 1.30. The van der Waals surface area contributed by atoms with Crippen molar-refractivity contribution >= 4 is 26.8 Å². The minimum atomic E-state index is 0.510. The predicted octanol–water partition coefficient (Wildman–Crippen LogP) is 2.29. The summed E-state index contributed by atoms with van der Waals surface area (Å²) in [7, 11) is 0. The average Bonchev–Trinajstić information content (AvgIpc) is 2.51. The Morgan fingerprint density at radius 3 is 3.25 bits per heavy atom. The van der Waals surface area contributed by atoms with Crippen molar-refractivity contribution < 1.29 is 4.74 Å². The summed E-state index contributed by atoms with van der Waals surface area (Å²) in [5.41, 5.74) is 1.54. The molecule has 0 atom stereocenters. The van der Waals surface area contributed by atoms with Crippen molar-refractivity contribution in [3.63, 3.8) is 0 Å². The van der Waals surface area contributed by atoms with Gasteiger partial charge in [0.05, 0.1) is 11.7 Å². The minimum absolute atomic E-state index is 0.510. The summed E-state index contributed by atoms with van der Waals surface area (Å²) in [6.07, 6.45) is 1.77. The number of aromatic nitrogens is 2. The van der Waals surface area contributed by atoms with Crippen LogP contribution in [0, 0.1) is 0 Å². The van der Waals surface area contributed by atoms with Crippen molar-refractivity contribution in [2.45, 2.75) is 0 Å². The number of benzene rings is 1. The van der Waals surface area contributed by atoms with E-state index in [2.05, 4.69) is 26.1 Å². The molecule has 0 radical (unpaired) electrons. The van der Waals surface area contributed by atoms with E-state index >= 15 is 0 Å². The van der Waals surface area contributed by atoms with Gasteiger partial charge in [-0.05, 0) is 34.1 Å². The number of halogens is 1. The van der Waals surface area contributed by atoms with Gasteiger partial charge in [-0.1, -0.05) is 0 Å². The molecule has 0 saturated heterocycles. The normalized spacial score (nSPS) is 10.4. The van der Waals surface area contributed by atoms with Crippen molar-refractivity contribution in [1.82, 2.24) is 10.2 Å². The zero-order valence-corrected chi connectivity index (χ0v) is 7.84. The molecule has 0 amide bonds. The van der Waals surface area contributed by atoms with Gasteiger partial charge in [0.15, 0.2) is 0 Å². The van der Waals surface area contributed by atoms with Gasteiger partial charge in [0.25, 0.3) is 0 Å². The predicted molar refractivity (Wildman–Crippen MR) is 50.5 cm³/mol. The van der Waals surface area contributed by atoms with Crippen LogP contribution in [-0.4, -0.2) is 15.7 Å². The molecule has 0 aliphatic heterocycles. The Morgan fingerprint density at radius 1 is 1.50 bits per heavy atom. The Bertz CT molecular complexity index is 385. The van der Waals surface area contributed by atoms with Gasteiger partial charge in [-0.25, -0.2) is 0 Å². The third-order valence-corrected chi connectivity index (χ3v) is 1.86. The van der Waals surface area contributed by atoms with Gasteiger partial charge < -0.3 is 4.74 Å². The summed E-state index contributed by atoms with van der Waals surface area (Å²) in [5.74, 6) is 0.848. The lowest BCUT2D eigenvalue weighted by Crippen LogP contribution is -1.86. The summed E-state index contributed by atoms with van der Waals surface area (Å²) in [6.45, 7) is 0. The van der Waals surface area contributed by atoms with Crippen LogP contribution in [0.25, 0.3) is 10.9 Å². The largest absolute Gasteiger partial charge is 0.482 e. The molecule has 0 aliphatic carbocycles. The van der Waals surface area contributed by atoms with Crippen LogP contribution in [0.3, 0.4) is 0 Å². The lowest BCUT2D eigenvalue weighted by Gasteiger charge is -1.99. The SMILES string of the molecule is BrCOc1ccc2[nH]ncc2c1. The number of rotatable bonds is 2. The number of H-pyrrole nitrogens is 1. The number of fused-ring (bicyclic) bond motifs is 1. The van der Waals surface area contributed by atoms with Gasteiger partial charge in [0.2, 0.25) is 0 Å². The molecule has 62 valence electrons. The maximum atomic E-state index is 5.26. The van der Waals surface area contributed by atoms with Crippen molar-refractivity contribution in [1.29, 1.82) is 0 Å². The van der Waals surface area contributed by atoms with E-state index in [0.29, 0.717) is 5.52 Å². The molecule has 2 aromatic rings. The summed E-state index contributed by atoms with van der Waals surface area (Å²) in [6, 6.07) is 5.79. The molecular formula is C8H7BrN2O. The third-order valence-electron chi connectivity index (χ3n) is 1.63. The highest BCUT2D eigenvalue weighted by Gasteiger charge is 1.97. The second kappa shape index (κ2) is 3.15. The van der Waals surface area contributed by atoms with E-state index < -0.39 is 0 Å². The topological polar surface area (TPSA) is 37.9 Å². The van der Waals surface area contributed by atoms with Crippen molar-refractivity contribution in [2.75, 3.05) is 5.52 Å². The van der Waals surface area contributed by atoms with Crippen LogP contribution in [0.2, 0.25) is 0 Å². The van der Waals surface area contributed by atoms with E-state index in [4.69, 9.17) is 4.74 Å². The zero-order chi connectivity index (χ0) is 8.39. The zero-order valence-electron chi connectivity index (χ0n) is 6.25. The van der Waals surface area contributed by atoms with Crippen LogP contribution < -0.4 is 4.74 Å². The molecule has 1 aromatic heterocycles. The fourth-order valence-corrected chi connectivity index (χ4v) is 1.34. The summed E-state index contributed by atoms with van der Waals surface area (Å²) in [4.78, 5) is 0. The number of nitrogens with one attached hydrogen (secondary N) is 1. The van der Waals surface area contributed by atoms with E-state index in [1.54, 1.807) is 6.20 Å². The van der Waals surface area contributed by atoms with Gasteiger partial charge in [-0.3, -0.25) is 5.10 Å². The highest BCUT2D eigenvalue weighted by atomic mass is 79.9. The van der Waals surface area contributed by atoms with E-state index in [9.17, 15) is 0 Å². The molecule has 0 unspecified atom stereocenters. The van der Waals surface area contributed by atoms with Gasteiger partial charge in [0.1, 0.15) is 11.3 Å². The van der Waals surface area contributed by atoms with E-state index in [-0.39, 0.29) is 0 Å². The lowest BCUT2D eigenvalue weighted by molar-refractivity contribution is 0.398. The lowest BCUT2D eigenvalue weighted by atomic mass is 10.2. The Morgan fingerprint density at radius 2 is 2.42 bits per heavy atom. The Kier molecular flexibility index (Phi) is 1.99. The molecule has 1 aromatic carbocycles. The van der Waals surface area contributed by atoms with E-state index in [1.165, 1.54) is 0 Å². The number of hydrogen-bond acceptors (Lipinski definition) is 2. The second-order valence-electron chi connectivity index (χ2n) is 2.37. The number of nitrogens with zero attached hydrogens (tertiary/aromatic N) is 1. The fourth-order valence-electron chi connectivity index (χ4n) is 1.07. The second-order valence-corrected chi connectivity index (χ2v) is 2.83. The molecule has 0 fully saturated rings. The van der Waals surface area contributed by atoms with Crippen LogP contribution in [0.1, 0.15) is 0 Å². The van der Waals surface area contributed by atoms with Crippen LogP contribution in [0.5, 0.6) is 5.75 Å². The number of alkyl halides is 1. The molecule has 0 aliphatic rings. The summed E-state index contributed by atoms with van der Waals surface area (Å²) < 4.78 is 5.26. The molecule has 1 heterocycles. The van der Waals surface area contributed by atoms with E-state index in [1.807, 2.05) is 18.2 Å². The van der Waals surface area contributed by atoms with E-state index in [0.717, 1.165) is 16.7 Å². The van der Waals surface area contributed by atoms with Gasteiger partial charge in [-0.2, -0.15) is 5.10 Å². The maximum Gasteiger partial charge on any atom is 0.143 e. The monoisotopic (exact) mass is 226 g/mol. The smallest absolute Gasteiger partial charge is 0.143 e. The average molecular weight is 227 g/mol. The standard InChI is InChI=1S/C8H7BrN2O/c9-5-12-7-1-2-8-6(3-7)4-10-11-8/h1-4H,5H2,(H,10,11). The van der Waals surface area contributed by atoms with Gasteiger partial charge in [-0.15, -0.1) is 0 Å². The van der Waals surface area contributed by atoms with Crippen molar-refractivity contribution in [3.8, 4) is 5.75 Å². The first-order chi connectivity index (χ1) is 5.90. The Hall–Kier alpha value is -1.03. The number of hydrogen-bond donors (Lipinski definition) is 1. The first kappa shape index (κ1) is 7.61. The molecule has 3 nitrogen and oxygen atoms in total. The minimum Gasteiger partial charge on any atom is -0.482 e. The highest BCUT2D eigenvalue weighted by Crippen LogP contribution is 2.18. The summed E-state index contributed by atoms with van der Waals surface area (Å²) >= 11 is 3.20. The Labute approximate surface area is 77.9 Å². The Balaban J connectivity index is 2.46. The van der Waals surface area contributed by atoms with Crippen LogP contribution in [-0.2, 0) is 0 Å². The quantitative estimate of drug-likeness (QED) is 0.799. The first-order valence-corrected chi connectivity index (χ1v) is 4.64. The number of aromatic amines is 1. The molecule has 12 heavy (non-hydrogen) atoms. The fraction of sp³-hybridized carbons (Fsp3) is 0.125. The van der Waals surface area contributed by atoms with Crippen LogP contribution in [0.4, 0.5) is 0 Å². The number of ether oxygens (including phenoxy) is 1. The molecular weight excluding hydrogens is 220 g/mol. The van der Waals surface area contributed by atoms with Crippen LogP contribution in [0.15, 0.2) is 24.4 Å². The van der Waals surface area contributed by atoms with Gasteiger partial charge >= 0.3 is 0 Å². The first-order valence-electron chi connectivity index (χ1n) is 3.52. The molecule has 1 N–H and O–H groups in total.